The molecule has 0 aliphatic rings. The van der Waals surface area contributed by atoms with Crippen molar-refractivity contribution in [2.24, 2.45) is 7.05 Å². The molecule has 0 aromatic carbocycles. The first-order valence-corrected chi connectivity index (χ1v) is 6.69. The molecule has 4 nitrogen and oxygen atoms in total. The van der Waals surface area contributed by atoms with Crippen molar-refractivity contribution in [3.63, 3.8) is 0 Å². The van der Waals surface area contributed by atoms with E-state index < -0.39 is 0 Å². The number of aryl methyl sites for hydroxylation is 1. The van der Waals surface area contributed by atoms with E-state index in [0.717, 1.165) is 17.2 Å². The van der Waals surface area contributed by atoms with Crippen molar-refractivity contribution >= 4 is 0 Å². The number of nitrogens with zero attached hydrogens (tertiary/aromatic N) is 3. The molecule has 0 amide bonds. The van der Waals surface area contributed by atoms with Crippen LogP contribution in [0.2, 0.25) is 0 Å². The molecular formula is C15H24N4. The fourth-order valence-corrected chi connectivity index (χ4v) is 2.12. The number of aromatic nitrogens is 4. The van der Waals surface area contributed by atoms with Gasteiger partial charge in [0.1, 0.15) is 5.69 Å². The minimum absolute atomic E-state index is 0.0763. The predicted octanol–water partition coefficient (Wildman–Crippen LogP) is 3.41. The molecule has 1 N–H and O–H groups in total. The third-order valence-corrected chi connectivity index (χ3v) is 3.27. The summed E-state index contributed by atoms with van der Waals surface area (Å²) in [5, 5.41) is 4.57. The zero-order chi connectivity index (χ0) is 14.4. The summed E-state index contributed by atoms with van der Waals surface area (Å²) in [6.07, 6.45) is 1.90. The van der Waals surface area contributed by atoms with Crippen molar-refractivity contribution < 1.29 is 0 Å². The lowest BCUT2D eigenvalue weighted by atomic mass is 9.92. The van der Waals surface area contributed by atoms with E-state index in [-0.39, 0.29) is 10.8 Å². The summed E-state index contributed by atoms with van der Waals surface area (Å²) in [5.74, 6) is 0.844. The lowest BCUT2D eigenvalue weighted by Crippen LogP contribution is -2.16. The average Bonchev–Trinajstić information content (AvgIpc) is 2.79. The van der Waals surface area contributed by atoms with E-state index in [1.54, 1.807) is 0 Å². The molecule has 0 unspecified atom stereocenters. The van der Waals surface area contributed by atoms with E-state index in [0.29, 0.717) is 0 Å². The second-order valence-electron chi connectivity index (χ2n) is 7.18. The molecule has 2 aromatic heterocycles. The van der Waals surface area contributed by atoms with Crippen LogP contribution in [0, 0.1) is 0 Å². The standard InChI is InChI=1S/C15H24N4/c1-14(2,3)11-9-16-13(17-11)10-8-12(15(4,5)6)19(7)18-10/h8-9H,1-7H3,(H,16,17). The van der Waals surface area contributed by atoms with Gasteiger partial charge in [0.25, 0.3) is 0 Å². The Labute approximate surface area is 115 Å². The Morgan fingerprint density at radius 3 is 2.11 bits per heavy atom. The molecular weight excluding hydrogens is 236 g/mol. The normalized spacial score (nSPS) is 13.0. The van der Waals surface area contributed by atoms with Crippen molar-refractivity contribution in [1.82, 2.24) is 19.7 Å². The molecule has 0 saturated heterocycles. The smallest absolute Gasteiger partial charge is 0.158 e. The molecule has 0 bridgehead atoms. The highest BCUT2D eigenvalue weighted by Gasteiger charge is 2.22. The minimum Gasteiger partial charge on any atom is -0.340 e. The molecule has 104 valence electrons. The van der Waals surface area contributed by atoms with Crippen LogP contribution in [0.15, 0.2) is 12.3 Å². The fraction of sp³-hybridized carbons (Fsp3) is 0.600. The molecule has 0 saturated carbocycles. The van der Waals surface area contributed by atoms with Crippen LogP contribution in [0.1, 0.15) is 52.9 Å². The van der Waals surface area contributed by atoms with Gasteiger partial charge in [0, 0.05) is 35.5 Å². The average molecular weight is 260 g/mol. The van der Waals surface area contributed by atoms with Gasteiger partial charge in [0.15, 0.2) is 5.82 Å². The van der Waals surface area contributed by atoms with Crippen LogP contribution in [-0.4, -0.2) is 19.7 Å². The Balaban J connectivity index is 2.41. The fourth-order valence-electron chi connectivity index (χ4n) is 2.12. The Morgan fingerprint density at radius 2 is 1.68 bits per heavy atom. The zero-order valence-corrected chi connectivity index (χ0v) is 13.0. The van der Waals surface area contributed by atoms with Crippen molar-refractivity contribution in [2.45, 2.75) is 52.4 Å². The first-order valence-electron chi connectivity index (χ1n) is 6.69. The maximum atomic E-state index is 4.57. The number of imidazole rings is 1. The zero-order valence-electron chi connectivity index (χ0n) is 13.0. The molecule has 0 fully saturated rings. The summed E-state index contributed by atoms with van der Waals surface area (Å²) >= 11 is 0. The molecule has 2 heterocycles. The molecule has 0 spiro atoms. The summed E-state index contributed by atoms with van der Waals surface area (Å²) in [6.45, 7) is 13.1. The number of rotatable bonds is 1. The van der Waals surface area contributed by atoms with Crippen LogP contribution >= 0.6 is 0 Å². The molecule has 0 aliphatic heterocycles. The molecule has 2 aromatic rings. The quantitative estimate of drug-likeness (QED) is 0.854. The third kappa shape index (κ3) is 2.72. The second kappa shape index (κ2) is 4.22. The highest BCUT2D eigenvalue weighted by atomic mass is 15.3. The van der Waals surface area contributed by atoms with Crippen LogP contribution in [0.3, 0.4) is 0 Å². The largest absolute Gasteiger partial charge is 0.340 e. The van der Waals surface area contributed by atoms with Gasteiger partial charge in [-0.2, -0.15) is 5.10 Å². The maximum Gasteiger partial charge on any atom is 0.158 e. The summed E-state index contributed by atoms with van der Waals surface area (Å²) in [7, 11) is 1.98. The van der Waals surface area contributed by atoms with E-state index in [2.05, 4.69) is 62.7 Å². The Kier molecular flexibility index (Phi) is 3.07. The summed E-state index contributed by atoms with van der Waals surface area (Å²) in [6, 6.07) is 2.12. The van der Waals surface area contributed by atoms with Gasteiger partial charge in [-0.05, 0) is 6.07 Å². The van der Waals surface area contributed by atoms with E-state index in [4.69, 9.17) is 0 Å². The summed E-state index contributed by atoms with van der Waals surface area (Å²) in [4.78, 5) is 7.83. The van der Waals surface area contributed by atoms with Gasteiger partial charge in [-0.1, -0.05) is 41.5 Å². The van der Waals surface area contributed by atoms with Crippen LogP contribution < -0.4 is 0 Å². The van der Waals surface area contributed by atoms with Crippen molar-refractivity contribution in [3.05, 3.63) is 23.7 Å². The van der Waals surface area contributed by atoms with Gasteiger partial charge in [-0.3, -0.25) is 4.68 Å². The summed E-state index contributed by atoms with van der Waals surface area (Å²) in [5.41, 5.74) is 3.40. The van der Waals surface area contributed by atoms with E-state index in [1.165, 1.54) is 5.69 Å². The first kappa shape index (κ1) is 13.8. The Bertz CT molecular complexity index is 576. The van der Waals surface area contributed by atoms with Gasteiger partial charge in [-0.15, -0.1) is 0 Å². The van der Waals surface area contributed by atoms with Gasteiger partial charge < -0.3 is 4.98 Å². The Hall–Kier alpha value is -1.58. The topological polar surface area (TPSA) is 46.5 Å². The van der Waals surface area contributed by atoms with Crippen LogP contribution in [-0.2, 0) is 17.9 Å². The van der Waals surface area contributed by atoms with Crippen LogP contribution in [0.25, 0.3) is 11.5 Å². The second-order valence-corrected chi connectivity index (χ2v) is 7.18. The highest BCUT2D eigenvalue weighted by molar-refractivity contribution is 5.51. The van der Waals surface area contributed by atoms with Gasteiger partial charge in [0.2, 0.25) is 0 Å². The number of H-pyrrole nitrogens is 1. The minimum atomic E-state index is 0.0763. The third-order valence-electron chi connectivity index (χ3n) is 3.27. The SMILES string of the molecule is Cn1nc(-c2ncc(C(C)(C)C)[nH]2)cc1C(C)(C)C. The molecule has 0 atom stereocenters. The van der Waals surface area contributed by atoms with Gasteiger partial charge in [0.05, 0.1) is 0 Å². The van der Waals surface area contributed by atoms with Gasteiger partial charge >= 0.3 is 0 Å². The molecule has 0 aliphatic carbocycles. The first-order chi connectivity index (χ1) is 8.59. The number of hydrogen-bond donors (Lipinski definition) is 1. The van der Waals surface area contributed by atoms with E-state index in [1.807, 2.05) is 17.9 Å². The number of nitrogens with one attached hydrogen (secondary N) is 1. The lowest BCUT2D eigenvalue weighted by molar-refractivity contribution is 0.523. The molecule has 2 rings (SSSR count). The van der Waals surface area contributed by atoms with E-state index in [9.17, 15) is 0 Å². The Morgan fingerprint density at radius 1 is 1.05 bits per heavy atom. The van der Waals surface area contributed by atoms with Crippen molar-refractivity contribution in [1.29, 1.82) is 0 Å². The summed E-state index contributed by atoms with van der Waals surface area (Å²) < 4.78 is 1.94. The van der Waals surface area contributed by atoms with Crippen LogP contribution in [0.4, 0.5) is 0 Å². The van der Waals surface area contributed by atoms with E-state index >= 15 is 0 Å². The number of hydrogen-bond acceptors (Lipinski definition) is 2. The highest BCUT2D eigenvalue weighted by Crippen LogP contribution is 2.27. The molecule has 4 heteroatoms. The molecule has 0 radical (unpaired) electrons. The monoisotopic (exact) mass is 260 g/mol. The number of aromatic amines is 1. The van der Waals surface area contributed by atoms with Gasteiger partial charge in [-0.25, -0.2) is 4.98 Å². The van der Waals surface area contributed by atoms with Crippen LogP contribution in [0.5, 0.6) is 0 Å². The predicted molar refractivity (Wildman–Crippen MR) is 78.2 cm³/mol. The maximum absolute atomic E-state index is 4.57. The molecule has 19 heavy (non-hydrogen) atoms. The van der Waals surface area contributed by atoms with Crippen molar-refractivity contribution in [3.8, 4) is 11.5 Å². The lowest BCUT2D eigenvalue weighted by Gasteiger charge is -2.17. The van der Waals surface area contributed by atoms with Crippen molar-refractivity contribution in [2.75, 3.05) is 0 Å².